The number of ether oxygens (including phenoxy) is 4. The molecular formula is C19H18ClNO5. The van der Waals surface area contributed by atoms with E-state index in [0.717, 1.165) is 5.56 Å². The van der Waals surface area contributed by atoms with Crippen LogP contribution in [0, 0.1) is 0 Å². The zero-order chi connectivity index (χ0) is 18.5. The third kappa shape index (κ3) is 4.03. The van der Waals surface area contributed by atoms with Gasteiger partial charge in [0.2, 0.25) is 11.7 Å². The van der Waals surface area contributed by atoms with Crippen LogP contribution in [0.25, 0.3) is 6.08 Å². The Morgan fingerprint density at radius 1 is 1.12 bits per heavy atom. The van der Waals surface area contributed by atoms with Crippen molar-refractivity contribution < 1.29 is 23.7 Å². The molecule has 2 aromatic carbocycles. The topological polar surface area (TPSA) is 66.0 Å². The van der Waals surface area contributed by atoms with Gasteiger partial charge < -0.3 is 24.3 Å². The quantitative estimate of drug-likeness (QED) is 0.805. The molecule has 0 saturated carbocycles. The Labute approximate surface area is 156 Å². The van der Waals surface area contributed by atoms with E-state index < -0.39 is 0 Å². The lowest BCUT2D eigenvalue weighted by Gasteiger charge is -2.20. The van der Waals surface area contributed by atoms with Crippen LogP contribution in [-0.2, 0) is 4.79 Å². The maximum atomic E-state index is 12.1. The fraction of sp³-hybridized carbons (Fsp3) is 0.211. The second kappa shape index (κ2) is 8.01. The first-order chi connectivity index (χ1) is 12.6. The number of rotatable bonds is 5. The SMILES string of the molecule is COc1ccc(NC(=O)/C=C/c2cc(OC)c3c(c2)OCCO3)cc1Cl. The molecule has 0 aromatic heterocycles. The van der Waals surface area contributed by atoms with E-state index in [2.05, 4.69) is 5.32 Å². The number of hydrogen-bond acceptors (Lipinski definition) is 5. The minimum Gasteiger partial charge on any atom is -0.495 e. The zero-order valence-corrected chi connectivity index (χ0v) is 15.1. The van der Waals surface area contributed by atoms with Crippen LogP contribution < -0.4 is 24.3 Å². The molecule has 2 aromatic rings. The molecule has 26 heavy (non-hydrogen) atoms. The van der Waals surface area contributed by atoms with Gasteiger partial charge in [-0.3, -0.25) is 4.79 Å². The zero-order valence-electron chi connectivity index (χ0n) is 14.4. The number of benzene rings is 2. The van der Waals surface area contributed by atoms with E-state index in [9.17, 15) is 4.79 Å². The summed E-state index contributed by atoms with van der Waals surface area (Å²) in [4.78, 5) is 12.1. The van der Waals surface area contributed by atoms with Gasteiger partial charge in [0.15, 0.2) is 11.5 Å². The Morgan fingerprint density at radius 2 is 1.88 bits per heavy atom. The van der Waals surface area contributed by atoms with Crippen molar-refractivity contribution in [3.63, 3.8) is 0 Å². The molecular weight excluding hydrogens is 358 g/mol. The fourth-order valence-electron chi connectivity index (χ4n) is 2.49. The predicted octanol–water partition coefficient (Wildman–Crippen LogP) is 3.78. The number of methoxy groups -OCH3 is 2. The smallest absolute Gasteiger partial charge is 0.248 e. The van der Waals surface area contributed by atoms with Gasteiger partial charge in [0.25, 0.3) is 0 Å². The monoisotopic (exact) mass is 375 g/mol. The van der Waals surface area contributed by atoms with E-state index in [-0.39, 0.29) is 5.91 Å². The number of halogens is 1. The van der Waals surface area contributed by atoms with Crippen LogP contribution in [0.5, 0.6) is 23.0 Å². The summed E-state index contributed by atoms with van der Waals surface area (Å²) in [6, 6.07) is 8.60. The predicted molar refractivity (Wildman–Crippen MR) is 99.7 cm³/mol. The molecule has 0 aliphatic carbocycles. The average molecular weight is 376 g/mol. The molecule has 0 bridgehead atoms. The highest BCUT2D eigenvalue weighted by Crippen LogP contribution is 2.40. The van der Waals surface area contributed by atoms with Crippen molar-refractivity contribution in [3.05, 3.63) is 47.0 Å². The van der Waals surface area contributed by atoms with Crippen molar-refractivity contribution in [2.75, 3.05) is 32.8 Å². The van der Waals surface area contributed by atoms with Crippen molar-refractivity contribution >= 4 is 29.3 Å². The molecule has 0 radical (unpaired) electrons. The molecule has 6 nitrogen and oxygen atoms in total. The first kappa shape index (κ1) is 17.9. The summed E-state index contributed by atoms with van der Waals surface area (Å²) >= 11 is 6.05. The number of anilines is 1. The summed E-state index contributed by atoms with van der Waals surface area (Å²) < 4.78 is 21.5. The van der Waals surface area contributed by atoms with Gasteiger partial charge in [-0.15, -0.1) is 0 Å². The minimum absolute atomic E-state index is 0.292. The van der Waals surface area contributed by atoms with Crippen LogP contribution in [-0.4, -0.2) is 33.3 Å². The van der Waals surface area contributed by atoms with E-state index in [1.54, 1.807) is 43.5 Å². The molecule has 1 aliphatic heterocycles. The maximum Gasteiger partial charge on any atom is 0.248 e. The lowest BCUT2D eigenvalue weighted by molar-refractivity contribution is -0.111. The number of hydrogen-bond donors (Lipinski definition) is 1. The second-order valence-corrected chi connectivity index (χ2v) is 5.83. The van der Waals surface area contributed by atoms with Gasteiger partial charge in [-0.25, -0.2) is 0 Å². The fourth-order valence-corrected chi connectivity index (χ4v) is 2.75. The molecule has 0 unspecified atom stereocenters. The molecule has 0 saturated heterocycles. The summed E-state index contributed by atoms with van der Waals surface area (Å²) in [5, 5.41) is 3.16. The molecule has 136 valence electrons. The van der Waals surface area contributed by atoms with Crippen molar-refractivity contribution in [1.29, 1.82) is 0 Å². The summed E-state index contributed by atoms with van der Waals surface area (Å²) in [5.74, 6) is 1.98. The van der Waals surface area contributed by atoms with E-state index in [1.807, 2.05) is 0 Å². The minimum atomic E-state index is -0.292. The third-order valence-corrected chi connectivity index (χ3v) is 3.99. The normalized spacial score (nSPS) is 12.7. The number of carbonyl (C=O) groups is 1. The highest BCUT2D eigenvalue weighted by molar-refractivity contribution is 6.32. The van der Waals surface area contributed by atoms with Crippen LogP contribution in [0.4, 0.5) is 5.69 Å². The molecule has 1 amide bonds. The Balaban J connectivity index is 1.73. The first-order valence-electron chi connectivity index (χ1n) is 7.91. The lowest BCUT2D eigenvalue weighted by Crippen LogP contribution is -2.16. The standard InChI is InChI=1S/C19H18ClNO5/c1-23-15-5-4-13(11-14(15)20)21-18(22)6-3-12-9-16(24-2)19-17(10-12)25-7-8-26-19/h3-6,9-11H,7-8H2,1-2H3,(H,21,22)/b6-3+. The Kier molecular flexibility index (Phi) is 5.53. The highest BCUT2D eigenvalue weighted by Gasteiger charge is 2.17. The van der Waals surface area contributed by atoms with E-state index in [1.165, 1.54) is 13.2 Å². The van der Waals surface area contributed by atoms with Gasteiger partial charge in [0.1, 0.15) is 19.0 Å². The summed E-state index contributed by atoms with van der Waals surface area (Å²) in [5.41, 5.74) is 1.33. The van der Waals surface area contributed by atoms with E-state index in [0.29, 0.717) is 46.9 Å². The largest absolute Gasteiger partial charge is 0.495 e. The highest BCUT2D eigenvalue weighted by atomic mass is 35.5. The first-order valence-corrected chi connectivity index (χ1v) is 8.28. The second-order valence-electron chi connectivity index (χ2n) is 5.42. The lowest BCUT2D eigenvalue weighted by atomic mass is 10.1. The third-order valence-electron chi connectivity index (χ3n) is 3.70. The van der Waals surface area contributed by atoms with Crippen LogP contribution in [0.2, 0.25) is 5.02 Å². The molecule has 1 N–H and O–H groups in total. The molecule has 3 rings (SSSR count). The van der Waals surface area contributed by atoms with Gasteiger partial charge in [0.05, 0.1) is 19.2 Å². The van der Waals surface area contributed by atoms with Crippen molar-refractivity contribution in [2.45, 2.75) is 0 Å². The van der Waals surface area contributed by atoms with Crippen molar-refractivity contribution in [2.24, 2.45) is 0 Å². The Hall–Kier alpha value is -2.86. The molecule has 0 fully saturated rings. The molecule has 1 heterocycles. The molecule has 0 spiro atoms. The molecule has 7 heteroatoms. The van der Waals surface area contributed by atoms with Crippen molar-refractivity contribution in [3.8, 4) is 23.0 Å². The van der Waals surface area contributed by atoms with Crippen LogP contribution >= 0.6 is 11.6 Å². The molecule has 0 atom stereocenters. The van der Waals surface area contributed by atoms with Gasteiger partial charge >= 0.3 is 0 Å². The van der Waals surface area contributed by atoms with Gasteiger partial charge in [0, 0.05) is 11.8 Å². The Morgan fingerprint density at radius 3 is 2.62 bits per heavy atom. The maximum absolute atomic E-state index is 12.1. The van der Waals surface area contributed by atoms with Crippen LogP contribution in [0.3, 0.4) is 0 Å². The van der Waals surface area contributed by atoms with Gasteiger partial charge in [-0.1, -0.05) is 11.6 Å². The summed E-state index contributed by atoms with van der Waals surface area (Å²) in [6.07, 6.45) is 3.09. The average Bonchev–Trinajstić information content (AvgIpc) is 2.66. The number of amides is 1. The Bertz CT molecular complexity index is 833. The molecule has 1 aliphatic rings. The summed E-state index contributed by atoms with van der Waals surface area (Å²) in [7, 11) is 3.09. The number of fused-ring (bicyclic) bond motifs is 1. The van der Waals surface area contributed by atoms with Gasteiger partial charge in [-0.05, 0) is 42.0 Å². The number of nitrogens with one attached hydrogen (secondary N) is 1. The number of carbonyl (C=O) groups excluding carboxylic acids is 1. The summed E-state index contributed by atoms with van der Waals surface area (Å²) in [6.45, 7) is 0.952. The van der Waals surface area contributed by atoms with Crippen molar-refractivity contribution in [1.82, 2.24) is 0 Å². The van der Waals surface area contributed by atoms with Gasteiger partial charge in [-0.2, -0.15) is 0 Å². The van der Waals surface area contributed by atoms with E-state index in [4.69, 9.17) is 30.5 Å². The van der Waals surface area contributed by atoms with E-state index >= 15 is 0 Å². The van der Waals surface area contributed by atoms with Crippen LogP contribution in [0.15, 0.2) is 36.4 Å². The van der Waals surface area contributed by atoms with Crippen LogP contribution in [0.1, 0.15) is 5.56 Å².